The molecule has 0 saturated heterocycles. The summed E-state index contributed by atoms with van der Waals surface area (Å²) in [6.07, 6.45) is 3.13. The molecule has 2 aromatic carbocycles. The summed E-state index contributed by atoms with van der Waals surface area (Å²) in [5.74, 6) is 0.227. The van der Waals surface area contributed by atoms with Gasteiger partial charge in [-0.1, -0.05) is 64.1 Å². The molecule has 0 heterocycles. The molecule has 2 nitrogen and oxygen atoms in total. The Bertz CT molecular complexity index is 725. The first-order valence-corrected chi connectivity index (χ1v) is 9.35. The molecule has 1 aliphatic rings. The summed E-state index contributed by atoms with van der Waals surface area (Å²) in [5.41, 5.74) is 6.44. The van der Waals surface area contributed by atoms with Gasteiger partial charge in [-0.05, 0) is 55.4 Å². The van der Waals surface area contributed by atoms with Crippen molar-refractivity contribution in [3.63, 3.8) is 0 Å². The van der Waals surface area contributed by atoms with Crippen LogP contribution in [-0.2, 0) is 12.8 Å². The second kappa shape index (κ2) is 9.93. The normalized spacial score (nSPS) is 11.4. The predicted molar refractivity (Wildman–Crippen MR) is 107 cm³/mol. The fourth-order valence-electron chi connectivity index (χ4n) is 3.19. The van der Waals surface area contributed by atoms with E-state index in [1.54, 1.807) is 13.8 Å². The fraction of sp³-hybridized carbons (Fsp3) is 0.391. The fourth-order valence-corrected chi connectivity index (χ4v) is 3.19. The van der Waals surface area contributed by atoms with Crippen molar-refractivity contribution in [2.45, 2.75) is 60.8 Å². The van der Waals surface area contributed by atoms with Crippen molar-refractivity contribution in [3.8, 4) is 11.1 Å². The van der Waals surface area contributed by atoms with Gasteiger partial charge in [0.15, 0.2) is 11.6 Å². The van der Waals surface area contributed by atoms with E-state index < -0.39 is 0 Å². The second-order valence-corrected chi connectivity index (χ2v) is 5.66. The minimum atomic E-state index is 0.0821. The maximum atomic E-state index is 11.7. The first-order valence-electron chi connectivity index (χ1n) is 9.35. The van der Waals surface area contributed by atoms with Gasteiger partial charge in [-0.25, -0.2) is 0 Å². The Balaban J connectivity index is 0.000000730. The number of hydrogen-bond acceptors (Lipinski definition) is 2. The van der Waals surface area contributed by atoms with E-state index in [2.05, 4.69) is 0 Å². The van der Waals surface area contributed by atoms with E-state index >= 15 is 0 Å². The average molecular weight is 338 g/mol. The highest BCUT2D eigenvalue weighted by atomic mass is 16.1. The number of rotatable bonds is 3. The van der Waals surface area contributed by atoms with E-state index in [-0.39, 0.29) is 11.6 Å². The van der Waals surface area contributed by atoms with Crippen LogP contribution in [0.15, 0.2) is 36.4 Å². The van der Waals surface area contributed by atoms with Crippen molar-refractivity contribution < 1.29 is 9.59 Å². The van der Waals surface area contributed by atoms with E-state index in [0.717, 1.165) is 36.0 Å². The number of Topliss-reactive ketones (excluding diaryl/α,β-unsaturated/α-hetero) is 2. The van der Waals surface area contributed by atoms with Crippen molar-refractivity contribution in [3.05, 3.63) is 58.7 Å². The average Bonchev–Trinajstić information content (AvgIpc) is 3.14. The van der Waals surface area contributed by atoms with E-state index in [4.69, 9.17) is 0 Å². The summed E-state index contributed by atoms with van der Waals surface area (Å²) in [6, 6.07) is 11.7. The van der Waals surface area contributed by atoms with Crippen molar-refractivity contribution in [1.29, 1.82) is 0 Å². The molecule has 0 amide bonds. The van der Waals surface area contributed by atoms with Gasteiger partial charge in [0.05, 0.1) is 0 Å². The molecule has 0 unspecified atom stereocenters. The molecular weight excluding hydrogens is 308 g/mol. The van der Waals surface area contributed by atoms with Gasteiger partial charge >= 0.3 is 0 Å². The zero-order valence-electron chi connectivity index (χ0n) is 16.4. The molecule has 0 aromatic heterocycles. The number of fused-ring (bicyclic) bond motifs is 1. The molecule has 1 aliphatic carbocycles. The van der Waals surface area contributed by atoms with E-state index in [0.29, 0.717) is 0 Å². The minimum absolute atomic E-state index is 0.0821. The number of hydrogen-bond donors (Lipinski definition) is 0. The van der Waals surface area contributed by atoms with Gasteiger partial charge in [0.1, 0.15) is 0 Å². The monoisotopic (exact) mass is 338 g/mol. The third-order valence-electron chi connectivity index (χ3n) is 4.27. The Labute approximate surface area is 152 Å². The summed E-state index contributed by atoms with van der Waals surface area (Å²) in [7, 11) is 0. The highest BCUT2D eigenvalue weighted by molar-refractivity contribution is 5.97. The number of carbonyl (C=O) groups is 2. The van der Waals surface area contributed by atoms with Gasteiger partial charge in [0.2, 0.25) is 0 Å². The van der Waals surface area contributed by atoms with Crippen LogP contribution in [0.3, 0.4) is 0 Å². The molecule has 0 bridgehead atoms. The van der Waals surface area contributed by atoms with E-state index in [1.165, 1.54) is 16.7 Å². The SMILES string of the molecule is CC.CC.CC(=O)c1ccc(-c2ccc(C(C)=O)c3c2CCC3)cc1. The lowest BCUT2D eigenvalue weighted by Crippen LogP contribution is -2.00. The minimum Gasteiger partial charge on any atom is -0.295 e. The maximum Gasteiger partial charge on any atom is 0.160 e. The third-order valence-corrected chi connectivity index (χ3v) is 4.27. The lowest BCUT2D eigenvalue weighted by Gasteiger charge is -2.12. The molecule has 0 saturated carbocycles. The van der Waals surface area contributed by atoms with Crippen molar-refractivity contribution in [1.82, 2.24) is 0 Å². The lowest BCUT2D eigenvalue weighted by molar-refractivity contribution is 0.100. The Morgan fingerprint density at radius 2 is 1.28 bits per heavy atom. The Hall–Kier alpha value is -2.22. The molecule has 2 heteroatoms. The molecular formula is C23H30O2. The summed E-state index contributed by atoms with van der Waals surface area (Å²) in [6.45, 7) is 11.2. The standard InChI is InChI=1S/C19H18O2.2C2H6/c1-12(20)14-6-8-15(9-7-14)17-11-10-16(13(2)21)18-4-3-5-19(17)18;2*1-2/h6-11H,3-5H2,1-2H3;2*1-2H3. The summed E-state index contributed by atoms with van der Waals surface area (Å²) in [5, 5.41) is 0. The van der Waals surface area contributed by atoms with Gasteiger partial charge in [-0.15, -0.1) is 0 Å². The quantitative estimate of drug-likeness (QED) is 0.615. The smallest absolute Gasteiger partial charge is 0.160 e. The van der Waals surface area contributed by atoms with Gasteiger partial charge in [-0.2, -0.15) is 0 Å². The summed E-state index contributed by atoms with van der Waals surface area (Å²) < 4.78 is 0. The summed E-state index contributed by atoms with van der Waals surface area (Å²) >= 11 is 0. The van der Waals surface area contributed by atoms with Crippen LogP contribution in [-0.4, -0.2) is 11.6 Å². The van der Waals surface area contributed by atoms with Gasteiger partial charge in [0.25, 0.3) is 0 Å². The van der Waals surface area contributed by atoms with Crippen LogP contribution in [0.25, 0.3) is 11.1 Å². The number of benzene rings is 2. The molecule has 0 fully saturated rings. The Morgan fingerprint density at radius 3 is 1.80 bits per heavy atom. The van der Waals surface area contributed by atoms with Crippen molar-refractivity contribution in [2.75, 3.05) is 0 Å². The van der Waals surface area contributed by atoms with Gasteiger partial charge in [-0.3, -0.25) is 9.59 Å². The molecule has 3 rings (SSSR count). The Kier molecular flexibility index (Phi) is 8.27. The molecule has 0 atom stereocenters. The topological polar surface area (TPSA) is 34.1 Å². The van der Waals surface area contributed by atoms with Crippen LogP contribution >= 0.6 is 0 Å². The van der Waals surface area contributed by atoms with Crippen molar-refractivity contribution >= 4 is 11.6 Å². The zero-order chi connectivity index (χ0) is 19.0. The second-order valence-electron chi connectivity index (χ2n) is 5.66. The zero-order valence-corrected chi connectivity index (χ0v) is 16.4. The van der Waals surface area contributed by atoms with Gasteiger partial charge < -0.3 is 0 Å². The molecule has 0 radical (unpaired) electrons. The van der Waals surface area contributed by atoms with Crippen molar-refractivity contribution in [2.24, 2.45) is 0 Å². The summed E-state index contributed by atoms with van der Waals surface area (Å²) in [4.78, 5) is 23.1. The maximum absolute atomic E-state index is 11.7. The van der Waals surface area contributed by atoms with Crippen LogP contribution in [0.4, 0.5) is 0 Å². The molecule has 0 spiro atoms. The first kappa shape index (κ1) is 20.8. The van der Waals surface area contributed by atoms with Crippen LogP contribution in [0.2, 0.25) is 0 Å². The molecule has 25 heavy (non-hydrogen) atoms. The highest BCUT2D eigenvalue weighted by Gasteiger charge is 2.20. The molecule has 134 valence electrons. The molecule has 0 N–H and O–H groups in total. The van der Waals surface area contributed by atoms with Crippen LogP contribution in [0, 0.1) is 0 Å². The molecule has 2 aromatic rings. The van der Waals surface area contributed by atoms with Gasteiger partial charge in [0, 0.05) is 11.1 Å². The lowest BCUT2D eigenvalue weighted by atomic mass is 9.92. The third kappa shape index (κ3) is 4.66. The number of ketones is 2. The molecule has 0 aliphatic heterocycles. The van der Waals surface area contributed by atoms with Crippen LogP contribution in [0.5, 0.6) is 0 Å². The van der Waals surface area contributed by atoms with Crippen LogP contribution < -0.4 is 0 Å². The van der Waals surface area contributed by atoms with E-state index in [1.807, 2.05) is 64.1 Å². The largest absolute Gasteiger partial charge is 0.295 e. The predicted octanol–water partition coefficient (Wildman–Crippen LogP) is 6.30. The Morgan fingerprint density at radius 1 is 0.720 bits per heavy atom. The highest BCUT2D eigenvalue weighted by Crippen LogP contribution is 2.35. The van der Waals surface area contributed by atoms with E-state index in [9.17, 15) is 9.59 Å². The number of carbonyl (C=O) groups excluding carboxylic acids is 2. The van der Waals surface area contributed by atoms with Crippen LogP contribution in [0.1, 0.15) is 79.8 Å². The first-order chi connectivity index (χ1) is 12.1.